The zero-order valence-electron chi connectivity index (χ0n) is 12.3. The van der Waals surface area contributed by atoms with Gasteiger partial charge in [0.25, 0.3) is 11.1 Å². The van der Waals surface area contributed by atoms with Gasteiger partial charge in [0.2, 0.25) is 0 Å². The van der Waals surface area contributed by atoms with E-state index in [0.717, 1.165) is 34.4 Å². The van der Waals surface area contributed by atoms with Crippen LogP contribution in [0.15, 0.2) is 29.2 Å². The first kappa shape index (κ1) is 16.2. The fraction of sp³-hybridized carbons (Fsp3) is 0.125. The highest BCUT2D eigenvalue weighted by Crippen LogP contribution is 2.32. The molecule has 0 saturated carbocycles. The summed E-state index contributed by atoms with van der Waals surface area (Å²) < 4.78 is 1.97. The molecule has 0 spiro atoms. The lowest BCUT2D eigenvalue weighted by Gasteiger charge is -2.12. The van der Waals surface area contributed by atoms with Gasteiger partial charge in [0.05, 0.1) is 15.6 Å². The van der Waals surface area contributed by atoms with E-state index >= 15 is 0 Å². The van der Waals surface area contributed by atoms with Gasteiger partial charge in [0.15, 0.2) is 0 Å². The van der Waals surface area contributed by atoms with E-state index < -0.39 is 0 Å². The van der Waals surface area contributed by atoms with Gasteiger partial charge >= 0.3 is 0 Å². The molecule has 2 amide bonds. The Hall–Kier alpha value is -1.69. The summed E-state index contributed by atoms with van der Waals surface area (Å²) in [7, 11) is 0. The van der Waals surface area contributed by atoms with Crippen molar-refractivity contribution in [3.8, 4) is 5.69 Å². The molecule has 118 valence electrons. The van der Waals surface area contributed by atoms with Crippen LogP contribution in [0.4, 0.5) is 4.79 Å². The van der Waals surface area contributed by atoms with Crippen LogP contribution in [-0.2, 0) is 4.79 Å². The van der Waals surface area contributed by atoms with Crippen molar-refractivity contribution in [3.05, 3.63) is 56.2 Å². The van der Waals surface area contributed by atoms with E-state index in [1.165, 1.54) is 0 Å². The summed E-state index contributed by atoms with van der Waals surface area (Å²) in [6.45, 7) is 3.87. The van der Waals surface area contributed by atoms with Gasteiger partial charge < -0.3 is 4.57 Å². The van der Waals surface area contributed by atoms with E-state index in [2.05, 4.69) is 5.32 Å². The number of hydrogen-bond donors (Lipinski definition) is 1. The van der Waals surface area contributed by atoms with Crippen molar-refractivity contribution in [2.24, 2.45) is 0 Å². The molecular weight excluding hydrogens is 355 g/mol. The van der Waals surface area contributed by atoms with Crippen molar-refractivity contribution in [2.45, 2.75) is 13.8 Å². The van der Waals surface area contributed by atoms with Gasteiger partial charge in [-0.15, -0.1) is 0 Å². The maximum Gasteiger partial charge on any atom is 0.290 e. The zero-order chi connectivity index (χ0) is 16.7. The third kappa shape index (κ3) is 3.04. The number of imide groups is 1. The molecule has 23 heavy (non-hydrogen) atoms. The number of carbonyl (C=O) groups excluding carboxylic acids is 2. The van der Waals surface area contributed by atoms with E-state index in [1.54, 1.807) is 24.3 Å². The molecule has 0 bridgehead atoms. The summed E-state index contributed by atoms with van der Waals surface area (Å²) >= 11 is 13.3. The van der Waals surface area contributed by atoms with Crippen molar-refractivity contribution in [3.63, 3.8) is 0 Å². The summed E-state index contributed by atoms with van der Waals surface area (Å²) in [5.74, 6) is -0.370. The number of benzene rings is 1. The minimum Gasteiger partial charge on any atom is -0.316 e. The number of rotatable bonds is 2. The number of aryl methyl sites for hydroxylation is 1. The molecule has 0 radical (unpaired) electrons. The van der Waals surface area contributed by atoms with Gasteiger partial charge in [0, 0.05) is 16.4 Å². The number of amides is 2. The van der Waals surface area contributed by atoms with Crippen LogP contribution in [-0.4, -0.2) is 15.7 Å². The third-order valence-corrected chi connectivity index (χ3v) is 4.91. The molecular formula is C16H12Cl2N2O2S. The van der Waals surface area contributed by atoms with E-state index in [1.807, 2.05) is 24.5 Å². The molecule has 1 N–H and O–H groups in total. The molecule has 2 aromatic rings. The molecule has 1 aromatic carbocycles. The maximum atomic E-state index is 11.7. The molecule has 3 rings (SSSR count). The van der Waals surface area contributed by atoms with Gasteiger partial charge in [-0.2, -0.15) is 0 Å². The average molecular weight is 367 g/mol. The molecule has 0 aliphatic carbocycles. The van der Waals surface area contributed by atoms with Gasteiger partial charge in [-0.1, -0.05) is 23.2 Å². The fourth-order valence-electron chi connectivity index (χ4n) is 2.52. The Bertz CT molecular complexity index is 871. The lowest BCUT2D eigenvalue weighted by molar-refractivity contribution is -0.115. The van der Waals surface area contributed by atoms with E-state index in [-0.39, 0.29) is 11.1 Å². The molecule has 1 aliphatic rings. The molecule has 1 aromatic heterocycles. The maximum absolute atomic E-state index is 11.7. The van der Waals surface area contributed by atoms with Crippen molar-refractivity contribution >= 4 is 52.2 Å². The van der Waals surface area contributed by atoms with E-state index in [9.17, 15) is 9.59 Å². The smallest absolute Gasteiger partial charge is 0.290 e. The minimum absolute atomic E-state index is 0.354. The predicted molar refractivity (Wildman–Crippen MR) is 94.4 cm³/mol. The normalized spacial score (nSPS) is 16.3. The monoisotopic (exact) mass is 366 g/mol. The summed E-state index contributed by atoms with van der Waals surface area (Å²) in [6, 6.07) is 7.21. The topological polar surface area (TPSA) is 51.1 Å². The average Bonchev–Trinajstić information content (AvgIpc) is 2.93. The van der Waals surface area contributed by atoms with Gasteiger partial charge in [-0.25, -0.2) is 0 Å². The first-order chi connectivity index (χ1) is 10.9. The summed E-state index contributed by atoms with van der Waals surface area (Å²) in [5.41, 5.74) is 3.49. The van der Waals surface area contributed by atoms with Crippen LogP contribution in [0.3, 0.4) is 0 Å². The Balaban J connectivity index is 2.10. The molecule has 7 heteroatoms. The van der Waals surface area contributed by atoms with Crippen molar-refractivity contribution in [1.82, 2.24) is 9.88 Å². The van der Waals surface area contributed by atoms with Crippen LogP contribution in [0, 0.1) is 13.8 Å². The van der Waals surface area contributed by atoms with Crippen LogP contribution >= 0.6 is 35.0 Å². The first-order valence-electron chi connectivity index (χ1n) is 6.76. The van der Waals surface area contributed by atoms with Gasteiger partial charge in [0.1, 0.15) is 0 Å². The highest BCUT2D eigenvalue weighted by molar-refractivity contribution is 8.18. The van der Waals surface area contributed by atoms with Crippen LogP contribution in [0.2, 0.25) is 10.0 Å². The Morgan fingerprint density at radius 1 is 1.17 bits per heavy atom. The Morgan fingerprint density at radius 2 is 1.91 bits per heavy atom. The van der Waals surface area contributed by atoms with Crippen LogP contribution in [0.25, 0.3) is 11.8 Å². The van der Waals surface area contributed by atoms with Gasteiger partial charge in [-0.05, 0) is 61.5 Å². The van der Waals surface area contributed by atoms with E-state index in [4.69, 9.17) is 23.2 Å². The minimum atomic E-state index is -0.370. The molecule has 1 aliphatic heterocycles. The fourth-order valence-corrected chi connectivity index (χ4v) is 3.57. The number of nitrogens with zero attached hydrogens (tertiary/aromatic N) is 1. The van der Waals surface area contributed by atoms with Crippen molar-refractivity contribution < 1.29 is 9.59 Å². The summed E-state index contributed by atoms with van der Waals surface area (Å²) in [5, 5.41) is 3.07. The molecule has 0 unspecified atom stereocenters. The van der Waals surface area contributed by atoms with Gasteiger partial charge in [-0.3, -0.25) is 14.9 Å². The number of thioether (sulfide) groups is 1. The molecule has 1 fully saturated rings. The molecule has 1 saturated heterocycles. The van der Waals surface area contributed by atoms with Crippen LogP contribution in [0.5, 0.6) is 0 Å². The summed E-state index contributed by atoms with van der Waals surface area (Å²) in [4.78, 5) is 23.3. The standard InChI is InChI=1S/C16H12Cl2N2O2S/c1-8-5-10(6-14-15(21)19-16(22)23-14)9(2)20(8)13-7-11(17)3-4-12(13)18/h3-7H,1-2H3,(H,19,21,22)/b14-6-. The molecule has 2 heterocycles. The third-order valence-electron chi connectivity index (χ3n) is 3.55. The molecule has 4 nitrogen and oxygen atoms in total. The quantitative estimate of drug-likeness (QED) is 0.781. The Labute approximate surface area is 147 Å². The lowest BCUT2D eigenvalue weighted by Crippen LogP contribution is -2.17. The number of hydrogen-bond acceptors (Lipinski definition) is 3. The SMILES string of the molecule is Cc1cc(/C=C2\SC(=O)NC2=O)c(C)n1-c1cc(Cl)ccc1Cl. The second kappa shape index (κ2) is 6.07. The lowest BCUT2D eigenvalue weighted by atomic mass is 10.2. The second-order valence-electron chi connectivity index (χ2n) is 5.11. The predicted octanol–water partition coefficient (Wildman–Crippen LogP) is 4.72. The largest absolute Gasteiger partial charge is 0.316 e. The first-order valence-corrected chi connectivity index (χ1v) is 8.33. The Kier molecular flexibility index (Phi) is 4.27. The highest BCUT2D eigenvalue weighted by Gasteiger charge is 2.25. The molecule has 0 atom stereocenters. The summed E-state index contributed by atoms with van der Waals surface area (Å²) in [6.07, 6.45) is 1.71. The Morgan fingerprint density at radius 3 is 2.57 bits per heavy atom. The highest BCUT2D eigenvalue weighted by atomic mass is 35.5. The number of nitrogens with one attached hydrogen (secondary N) is 1. The van der Waals surface area contributed by atoms with Crippen LogP contribution in [0.1, 0.15) is 17.0 Å². The number of carbonyl (C=O) groups is 2. The van der Waals surface area contributed by atoms with Crippen LogP contribution < -0.4 is 5.32 Å². The van der Waals surface area contributed by atoms with Crippen molar-refractivity contribution in [2.75, 3.05) is 0 Å². The van der Waals surface area contributed by atoms with Crippen molar-refractivity contribution in [1.29, 1.82) is 0 Å². The number of aromatic nitrogens is 1. The zero-order valence-corrected chi connectivity index (χ0v) is 14.6. The second-order valence-corrected chi connectivity index (χ2v) is 6.97. The van der Waals surface area contributed by atoms with E-state index in [0.29, 0.717) is 15.0 Å². The number of halogens is 2.